The molecule has 0 aromatic heterocycles. The Morgan fingerprint density at radius 3 is 2.80 bits per heavy atom. The van der Waals surface area contributed by atoms with Gasteiger partial charge in [-0.25, -0.2) is 0 Å². The van der Waals surface area contributed by atoms with E-state index < -0.39 is 0 Å². The number of carbonyl (C=O) groups excluding carboxylic acids is 1. The number of benzene rings is 1. The minimum Gasteiger partial charge on any atom is -0.492 e. The van der Waals surface area contributed by atoms with Crippen LogP contribution in [0, 0.1) is 18.3 Å². The SMILES string of the molecule is C#CCN1CCC(C(=O)NCc2cccc(OCCN(C)C3CCOCC3)c2)CC1. The molecule has 30 heavy (non-hydrogen) atoms. The van der Waals surface area contributed by atoms with E-state index in [2.05, 4.69) is 28.1 Å². The van der Waals surface area contributed by atoms with E-state index >= 15 is 0 Å². The molecule has 1 amide bonds. The Bertz CT molecular complexity index is 704. The number of nitrogens with zero attached hydrogens (tertiary/aromatic N) is 2. The van der Waals surface area contributed by atoms with Crippen LogP contribution in [-0.2, 0) is 16.1 Å². The first-order valence-electron chi connectivity index (χ1n) is 11.1. The molecule has 2 fully saturated rings. The van der Waals surface area contributed by atoms with Crippen LogP contribution in [-0.4, -0.2) is 74.8 Å². The third-order valence-corrected chi connectivity index (χ3v) is 6.17. The average Bonchev–Trinajstić information content (AvgIpc) is 2.79. The van der Waals surface area contributed by atoms with Crippen molar-refractivity contribution >= 4 is 5.91 Å². The highest BCUT2D eigenvalue weighted by atomic mass is 16.5. The molecule has 0 unspecified atom stereocenters. The first kappa shape index (κ1) is 22.6. The van der Waals surface area contributed by atoms with Gasteiger partial charge in [0.1, 0.15) is 12.4 Å². The van der Waals surface area contributed by atoms with E-state index in [4.69, 9.17) is 15.9 Å². The summed E-state index contributed by atoms with van der Waals surface area (Å²) in [6, 6.07) is 8.58. The molecule has 0 atom stereocenters. The fraction of sp³-hybridized carbons (Fsp3) is 0.625. The van der Waals surface area contributed by atoms with Crippen LogP contribution in [0.25, 0.3) is 0 Å². The third-order valence-electron chi connectivity index (χ3n) is 6.17. The number of ether oxygens (including phenoxy) is 2. The number of amides is 1. The molecule has 2 saturated heterocycles. The molecule has 2 aliphatic rings. The van der Waals surface area contributed by atoms with Crippen molar-refractivity contribution in [1.82, 2.24) is 15.1 Å². The van der Waals surface area contributed by atoms with Crippen molar-refractivity contribution in [3.05, 3.63) is 29.8 Å². The largest absolute Gasteiger partial charge is 0.492 e. The smallest absolute Gasteiger partial charge is 0.223 e. The summed E-state index contributed by atoms with van der Waals surface area (Å²) in [6.07, 6.45) is 9.30. The van der Waals surface area contributed by atoms with Crippen LogP contribution in [0.5, 0.6) is 5.75 Å². The summed E-state index contributed by atoms with van der Waals surface area (Å²) in [6.45, 7) is 6.25. The lowest BCUT2D eigenvalue weighted by atomic mass is 9.96. The maximum absolute atomic E-state index is 12.5. The summed E-state index contributed by atoms with van der Waals surface area (Å²) < 4.78 is 11.4. The zero-order chi connectivity index (χ0) is 21.2. The first-order chi connectivity index (χ1) is 14.7. The van der Waals surface area contributed by atoms with Gasteiger partial charge in [-0.2, -0.15) is 0 Å². The number of rotatable bonds is 9. The Morgan fingerprint density at radius 2 is 2.07 bits per heavy atom. The Morgan fingerprint density at radius 1 is 1.30 bits per heavy atom. The van der Waals surface area contributed by atoms with E-state index in [0.717, 1.165) is 69.8 Å². The van der Waals surface area contributed by atoms with Crippen LogP contribution < -0.4 is 10.1 Å². The number of carbonyl (C=O) groups is 1. The van der Waals surface area contributed by atoms with Gasteiger partial charge in [-0.05, 0) is 63.5 Å². The summed E-state index contributed by atoms with van der Waals surface area (Å²) in [5, 5.41) is 3.09. The maximum atomic E-state index is 12.5. The monoisotopic (exact) mass is 413 g/mol. The highest BCUT2D eigenvalue weighted by Gasteiger charge is 2.24. The Labute approximate surface area is 180 Å². The number of likely N-dealkylation sites (tertiary alicyclic amines) is 1. The normalized spacial score (nSPS) is 18.8. The second-order valence-electron chi connectivity index (χ2n) is 8.29. The second-order valence-corrected chi connectivity index (χ2v) is 8.29. The van der Waals surface area contributed by atoms with Crippen LogP contribution >= 0.6 is 0 Å². The van der Waals surface area contributed by atoms with Gasteiger partial charge in [0.05, 0.1) is 6.54 Å². The van der Waals surface area contributed by atoms with Gasteiger partial charge in [0, 0.05) is 38.3 Å². The lowest BCUT2D eigenvalue weighted by molar-refractivity contribution is -0.126. The fourth-order valence-corrected chi connectivity index (χ4v) is 4.18. The second kappa shape index (κ2) is 11.9. The van der Waals surface area contributed by atoms with Crippen molar-refractivity contribution in [1.29, 1.82) is 0 Å². The number of nitrogens with one attached hydrogen (secondary N) is 1. The summed E-state index contributed by atoms with van der Waals surface area (Å²) in [5.41, 5.74) is 1.06. The van der Waals surface area contributed by atoms with Gasteiger partial charge in [-0.1, -0.05) is 18.1 Å². The minimum atomic E-state index is 0.0826. The van der Waals surface area contributed by atoms with Crippen molar-refractivity contribution in [2.24, 2.45) is 5.92 Å². The van der Waals surface area contributed by atoms with Crippen LogP contribution in [0.3, 0.4) is 0 Å². The van der Waals surface area contributed by atoms with Gasteiger partial charge in [0.15, 0.2) is 0 Å². The molecule has 164 valence electrons. The summed E-state index contributed by atoms with van der Waals surface area (Å²) in [4.78, 5) is 17.1. The number of piperidine rings is 1. The lowest BCUT2D eigenvalue weighted by Gasteiger charge is -2.31. The quantitative estimate of drug-likeness (QED) is 0.629. The van der Waals surface area contributed by atoms with E-state index in [1.165, 1.54) is 0 Å². The van der Waals surface area contributed by atoms with Crippen LogP contribution in [0.1, 0.15) is 31.2 Å². The highest BCUT2D eigenvalue weighted by Crippen LogP contribution is 2.18. The van der Waals surface area contributed by atoms with Gasteiger partial charge in [-0.15, -0.1) is 6.42 Å². The van der Waals surface area contributed by atoms with Crippen molar-refractivity contribution in [3.63, 3.8) is 0 Å². The molecule has 2 aliphatic heterocycles. The standard InChI is InChI=1S/C24H35N3O3/c1-3-11-27-12-7-21(8-13-27)24(28)25-19-20-5-4-6-23(18-20)30-17-14-26(2)22-9-15-29-16-10-22/h1,4-6,18,21-22H,7-17,19H2,2H3,(H,25,28). The van der Waals surface area contributed by atoms with E-state index in [1.54, 1.807) is 0 Å². The van der Waals surface area contributed by atoms with Crippen molar-refractivity contribution < 1.29 is 14.3 Å². The van der Waals surface area contributed by atoms with E-state index in [9.17, 15) is 4.79 Å². The molecule has 1 aromatic rings. The first-order valence-corrected chi connectivity index (χ1v) is 11.1. The Hall–Kier alpha value is -2.07. The van der Waals surface area contributed by atoms with Gasteiger partial charge >= 0.3 is 0 Å². The van der Waals surface area contributed by atoms with E-state index in [0.29, 0.717) is 25.7 Å². The summed E-state index contributed by atoms with van der Waals surface area (Å²) in [5.74, 6) is 3.75. The molecular weight excluding hydrogens is 378 g/mol. The van der Waals surface area contributed by atoms with Gasteiger partial charge in [0.2, 0.25) is 5.91 Å². The fourth-order valence-electron chi connectivity index (χ4n) is 4.18. The minimum absolute atomic E-state index is 0.0826. The molecule has 1 N–H and O–H groups in total. The molecule has 6 heteroatoms. The number of likely N-dealkylation sites (N-methyl/N-ethyl adjacent to an activating group) is 1. The van der Waals surface area contributed by atoms with Crippen LogP contribution in [0.15, 0.2) is 24.3 Å². The predicted molar refractivity (Wildman–Crippen MR) is 118 cm³/mol. The van der Waals surface area contributed by atoms with Crippen molar-refractivity contribution in [3.8, 4) is 18.1 Å². The van der Waals surface area contributed by atoms with Crippen LogP contribution in [0.2, 0.25) is 0 Å². The zero-order valence-electron chi connectivity index (χ0n) is 18.1. The van der Waals surface area contributed by atoms with Crippen molar-refractivity contribution in [2.75, 3.05) is 53.0 Å². The molecule has 0 bridgehead atoms. The van der Waals surface area contributed by atoms with Gasteiger partial charge in [-0.3, -0.25) is 14.6 Å². The molecular formula is C24H35N3O3. The molecule has 2 heterocycles. The lowest BCUT2D eigenvalue weighted by Crippen LogP contribution is -2.40. The molecule has 0 spiro atoms. The molecule has 6 nitrogen and oxygen atoms in total. The van der Waals surface area contributed by atoms with E-state index in [1.807, 2.05) is 24.3 Å². The van der Waals surface area contributed by atoms with Gasteiger partial charge < -0.3 is 14.8 Å². The number of hydrogen-bond acceptors (Lipinski definition) is 5. The van der Waals surface area contributed by atoms with E-state index in [-0.39, 0.29) is 11.8 Å². The maximum Gasteiger partial charge on any atom is 0.223 e. The topological polar surface area (TPSA) is 54.0 Å². The average molecular weight is 414 g/mol. The third kappa shape index (κ3) is 7.02. The van der Waals surface area contributed by atoms with Crippen molar-refractivity contribution in [2.45, 2.75) is 38.3 Å². The Kier molecular flexibility index (Phi) is 9.00. The van der Waals surface area contributed by atoms with Crippen LogP contribution in [0.4, 0.5) is 0 Å². The number of terminal acetylenes is 1. The summed E-state index contributed by atoms with van der Waals surface area (Å²) >= 11 is 0. The molecule has 3 rings (SSSR count). The molecule has 1 aromatic carbocycles. The highest BCUT2D eigenvalue weighted by molar-refractivity contribution is 5.78. The van der Waals surface area contributed by atoms with Gasteiger partial charge in [0.25, 0.3) is 0 Å². The Balaban J connectivity index is 1.37. The predicted octanol–water partition coefficient (Wildman–Crippen LogP) is 2.14. The molecule has 0 radical (unpaired) electrons. The molecule has 0 saturated carbocycles. The number of hydrogen-bond donors (Lipinski definition) is 1. The summed E-state index contributed by atoms with van der Waals surface area (Å²) in [7, 11) is 2.16. The molecule has 0 aliphatic carbocycles. The zero-order valence-corrected chi connectivity index (χ0v) is 18.1.